The number of nitrogens with zero attached hydrogens (tertiary/aromatic N) is 4. The van der Waals surface area contributed by atoms with Crippen molar-refractivity contribution in [2.24, 2.45) is 0 Å². The topological polar surface area (TPSA) is 71.0 Å². The number of halogens is 2. The molecule has 9 heteroatoms. The van der Waals surface area contributed by atoms with Gasteiger partial charge >= 0.3 is 0 Å². The van der Waals surface area contributed by atoms with Gasteiger partial charge < -0.3 is 10.2 Å². The highest BCUT2D eigenvalue weighted by Crippen LogP contribution is 2.27. The third-order valence-electron chi connectivity index (χ3n) is 4.16. The second-order valence-corrected chi connectivity index (χ2v) is 7.12. The molecule has 3 aromatic rings. The van der Waals surface area contributed by atoms with Crippen molar-refractivity contribution in [1.29, 1.82) is 0 Å². The number of carbonyl (C=O) groups is 1. The second-order valence-electron chi connectivity index (χ2n) is 6.09. The monoisotopic (exact) mass is 387 g/mol. The quantitative estimate of drug-likeness (QED) is 0.694. The number of aromatic nitrogens is 3. The molecule has 1 saturated heterocycles. The molecule has 0 saturated carbocycles. The molecule has 0 bridgehead atoms. The van der Waals surface area contributed by atoms with E-state index in [-0.39, 0.29) is 5.91 Å². The molecule has 4 rings (SSSR count). The highest BCUT2D eigenvalue weighted by molar-refractivity contribution is 7.17. The summed E-state index contributed by atoms with van der Waals surface area (Å²) in [4.78, 5) is 26.8. The average Bonchev–Trinajstić information content (AvgIpc) is 3.33. The van der Waals surface area contributed by atoms with E-state index < -0.39 is 12.1 Å². The zero-order chi connectivity index (χ0) is 18.8. The fourth-order valence-corrected chi connectivity index (χ4v) is 3.58. The van der Waals surface area contributed by atoms with Gasteiger partial charge in [-0.1, -0.05) is 0 Å². The minimum absolute atomic E-state index is 0.345. The lowest BCUT2D eigenvalue weighted by molar-refractivity contribution is 0.103. The van der Waals surface area contributed by atoms with Gasteiger partial charge in [-0.05, 0) is 30.7 Å². The van der Waals surface area contributed by atoms with Crippen molar-refractivity contribution < 1.29 is 13.6 Å². The van der Waals surface area contributed by atoms with Gasteiger partial charge in [-0.15, -0.1) is 11.3 Å². The van der Waals surface area contributed by atoms with Crippen molar-refractivity contribution in [2.45, 2.75) is 12.6 Å². The first-order valence-electron chi connectivity index (χ1n) is 8.32. The largest absolute Gasteiger partial charge is 0.354 e. The first kappa shape index (κ1) is 17.5. The maximum Gasteiger partial charge on any atom is 0.267 e. The predicted octanol–water partition coefficient (Wildman–Crippen LogP) is 3.54. The molecule has 1 N–H and O–H groups in total. The van der Waals surface area contributed by atoms with Crippen molar-refractivity contribution >= 4 is 28.7 Å². The Morgan fingerprint density at radius 3 is 2.70 bits per heavy atom. The van der Waals surface area contributed by atoms with E-state index in [9.17, 15) is 13.6 Å². The van der Waals surface area contributed by atoms with Crippen LogP contribution in [0.5, 0.6) is 0 Å². The van der Waals surface area contributed by atoms with E-state index >= 15 is 0 Å². The molecule has 6 nitrogen and oxygen atoms in total. The third kappa shape index (κ3) is 3.92. The van der Waals surface area contributed by atoms with Gasteiger partial charge in [0.05, 0.1) is 24.6 Å². The van der Waals surface area contributed by atoms with E-state index in [0.717, 1.165) is 11.4 Å². The molecule has 0 aliphatic carbocycles. The third-order valence-corrected chi connectivity index (χ3v) is 5.21. The Balaban J connectivity index is 1.45. The van der Waals surface area contributed by atoms with Crippen LogP contribution in [0.2, 0.25) is 0 Å². The van der Waals surface area contributed by atoms with Crippen LogP contribution in [0.15, 0.2) is 42.9 Å². The lowest BCUT2D eigenvalue weighted by atomic mass is 10.3. The molecule has 3 aromatic heterocycles. The van der Waals surface area contributed by atoms with E-state index in [1.165, 1.54) is 35.9 Å². The van der Waals surface area contributed by atoms with Crippen LogP contribution in [-0.4, -0.2) is 40.1 Å². The predicted molar refractivity (Wildman–Crippen MR) is 99.2 cm³/mol. The Morgan fingerprint density at radius 2 is 2.04 bits per heavy atom. The second kappa shape index (κ2) is 7.36. The van der Waals surface area contributed by atoms with Crippen molar-refractivity contribution in [1.82, 2.24) is 15.0 Å². The SMILES string of the molecule is O=C(Nc1ccc(F)nc1)c1cnc(-c2ccc(N3CC[C@@H](F)C3)nc2)s1. The number of rotatable bonds is 4. The zero-order valence-corrected chi connectivity index (χ0v) is 14.9. The summed E-state index contributed by atoms with van der Waals surface area (Å²) < 4.78 is 26.1. The normalized spacial score (nSPS) is 16.5. The molecule has 1 fully saturated rings. The lowest BCUT2D eigenvalue weighted by Gasteiger charge is -2.15. The number of anilines is 2. The molecular formula is C18H15F2N5OS. The fourth-order valence-electron chi connectivity index (χ4n) is 2.78. The Labute approximate surface area is 157 Å². The first-order valence-corrected chi connectivity index (χ1v) is 9.14. The van der Waals surface area contributed by atoms with Gasteiger partial charge in [-0.2, -0.15) is 4.39 Å². The van der Waals surface area contributed by atoms with Gasteiger partial charge in [-0.3, -0.25) is 4.79 Å². The van der Waals surface area contributed by atoms with Crippen molar-refractivity contribution in [3.63, 3.8) is 0 Å². The standard InChI is InChI=1S/C18H15F2N5OS/c19-12-5-6-25(10-12)16-4-1-11(7-22-16)18-23-9-14(27-18)17(26)24-13-2-3-15(20)21-8-13/h1-4,7-9,12H,5-6,10H2,(H,24,26)/t12-/m1/s1. The van der Waals surface area contributed by atoms with E-state index in [0.29, 0.717) is 35.1 Å². The highest BCUT2D eigenvalue weighted by atomic mass is 32.1. The molecular weight excluding hydrogens is 372 g/mol. The number of carbonyl (C=O) groups excluding carboxylic acids is 1. The Morgan fingerprint density at radius 1 is 1.15 bits per heavy atom. The van der Waals surface area contributed by atoms with Gasteiger partial charge in [0.15, 0.2) is 0 Å². The summed E-state index contributed by atoms with van der Waals surface area (Å²) >= 11 is 1.22. The minimum Gasteiger partial charge on any atom is -0.354 e. The molecule has 1 amide bonds. The van der Waals surface area contributed by atoms with Gasteiger partial charge in [0.2, 0.25) is 5.95 Å². The van der Waals surface area contributed by atoms with E-state index in [4.69, 9.17) is 0 Å². The summed E-state index contributed by atoms with van der Waals surface area (Å²) in [5, 5.41) is 3.30. The van der Waals surface area contributed by atoms with E-state index in [2.05, 4.69) is 20.3 Å². The van der Waals surface area contributed by atoms with E-state index in [1.807, 2.05) is 17.0 Å². The van der Waals surface area contributed by atoms with Crippen LogP contribution in [-0.2, 0) is 0 Å². The van der Waals surface area contributed by atoms with Gasteiger partial charge in [0, 0.05) is 18.3 Å². The fraction of sp³-hybridized carbons (Fsp3) is 0.222. The maximum absolute atomic E-state index is 13.3. The molecule has 0 aromatic carbocycles. The van der Waals surface area contributed by atoms with Crippen LogP contribution in [0.3, 0.4) is 0 Å². The highest BCUT2D eigenvalue weighted by Gasteiger charge is 2.22. The summed E-state index contributed by atoms with van der Waals surface area (Å²) in [5.41, 5.74) is 1.18. The molecule has 0 unspecified atom stereocenters. The molecule has 138 valence electrons. The molecule has 1 atom stereocenters. The van der Waals surface area contributed by atoms with Crippen LogP contribution in [0.4, 0.5) is 20.3 Å². The van der Waals surface area contributed by atoms with Crippen molar-refractivity contribution in [3.05, 3.63) is 53.7 Å². The number of nitrogens with one attached hydrogen (secondary N) is 1. The summed E-state index contributed by atoms with van der Waals surface area (Å²) in [5.74, 6) is -0.222. The van der Waals surface area contributed by atoms with Crippen LogP contribution in [0.25, 0.3) is 10.6 Å². The van der Waals surface area contributed by atoms with Crippen molar-refractivity contribution in [3.8, 4) is 10.6 Å². The molecule has 1 aliphatic heterocycles. The van der Waals surface area contributed by atoms with Crippen LogP contribution >= 0.6 is 11.3 Å². The van der Waals surface area contributed by atoms with Crippen LogP contribution in [0.1, 0.15) is 16.1 Å². The summed E-state index contributed by atoms with van der Waals surface area (Å²) in [6, 6.07) is 6.30. The smallest absolute Gasteiger partial charge is 0.267 e. The molecule has 4 heterocycles. The molecule has 0 radical (unpaired) electrons. The van der Waals surface area contributed by atoms with Gasteiger partial charge in [0.25, 0.3) is 5.91 Å². The number of thiazole rings is 1. The van der Waals surface area contributed by atoms with Crippen LogP contribution in [0, 0.1) is 5.95 Å². The van der Waals surface area contributed by atoms with Gasteiger partial charge in [0.1, 0.15) is 21.9 Å². The summed E-state index contributed by atoms with van der Waals surface area (Å²) in [7, 11) is 0. The van der Waals surface area contributed by atoms with Crippen molar-refractivity contribution in [2.75, 3.05) is 23.3 Å². The Hall–Kier alpha value is -2.94. The number of amides is 1. The number of alkyl halides is 1. The molecule has 27 heavy (non-hydrogen) atoms. The maximum atomic E-state index is 13.3. The average molecular weight is 387 g/mol. The first-order chi connectivity index (χ1) is 13.1. The Kier molecular flexibility index (Phi) is 4.76. The minimum atomic E-state index is -0.803. The summed E-state index contributed by atoms with van der Waals surface area (Å²) in [6.45, 7) is 1.03. The number of pyridine rings is 2. The summed E-state index contributed by atoms with van der Waals surface area (Å²) in [6.07, 6.45) is 4.12. The van der Waals surface area contributed by atoms with Gasteiger partial charge in [-0.25, -0.2) is 19.3 Å². The lowest BCUT2D eigenvalue weighted by Crippen LogP contribution is -2.20. The van der Waals surface area contributed by atoms with E-state index in [1.54, 1.807) is 6.20 Å². The Bertz CT molecular complexity index is 945. The molecule has 1 aliphatic rings. The number of hydrogen-bond acceptors (Lipinski definition) is 6. The molecule has 0 spiro atoms. The number of hydrogen-bond donors (Lipinski definition) is 1. The zero-order valence-electron chi connectivity index (χ0n) is 14.1. The van der Waals surface area contributed by atoms with Crippen LogP contribution < -0.4 is 10.2 Å².